The zero-order chi connectivity index (χ0) is 40.3. The summed E-state index contributed by atoms with van der Waals surface area (Å²) in [5.74, 6) is 0. The second-order valence-electron chi connectivity index (χ2n) is 15.8. The number of para-hydroxylation sites is 1. The fourth-order valence-electron chi connectivity index (χ4n) is 10.0. The molecule has 0 spiro atoms. The Morgan fingerprint density at radius 2 is 0.902 bits per heavy atom. The summed E-state index contributed by atoms with van der Waals surface area (Å²) in [7, 11) is 0. The Kier molecular flexibility index (Phi) is 8.04. The van der Waals surface area contributed by atoms with Crippen LogP contribution in [0.5, 0.6) is 0 Å². The maximum absolute atomic E-state index is 4.66. The number of hydrogen-bond acceptors (Lipinski definition) is 2. The number of rotatable bonds is 7. The largest absolute Gasteiger partial charge is 0.309 e. The first-order valence-electron chi connectivity index (χ1n) is 20.8. The summed E-state index contributed by atoms with van der Waals surface area (Å²) in [5.41, 5.74) is 18.2. The molecule has 0 radical (unpaired) electrons. The molecule has 0 unspecified atom stereocenters. The summed E-state index contributed by atoms with van der Waals surface area (Å²) < 4.78 is 4.84. The van der Waals surface area contributed by atoms with Gasteiger partial charge in [0.25, 0.3) is 0 Å². The van der Waals surface area contributed by atoms with Crippen LogP contribution in [0.1, 0.15) is 22.3 Å². The van der Waals surface area contributed by atoms with E-state index in [1.54, 1.807) is 0 Å². The molecule has 11 aromatic rings. The van der Waals surface area contributed by atoms with Crippen molar-refractivity contribution >= 4 is 21.8 Å². The standard InChI is InChI=1S/C57H38N4/c1-3-13-41(14-4-1)52-33-34-53(42-15-5-2-6-16-42)60(52)45-27-23-39(24-28-45)40-25-29-46(30-26-40)61-54-22-10-8-19-47(54)48-31-32-51-55(56(48)61)49-20-7-9-21-50(49)57(51,43-17-11-35-58-37-43)44-18-12-36-59-38-44/h1-38H. The average Bonchev–Trinajstić information content (AvgIpc) is 4.03. The maximum atomic E-state index is 4.66. The van der Waals surface area contributed by atoms with E-state index in [0.29, 0.717) is 0 Å². The molecule has 7 aromatic carbocycles. The van der Waals surface area contributed by atoms with Gasteiger partial charge in [-0.3, -0.25) is 9.97 Å². The Bertz CT molecular complexity index is 3270. The van der Waals surface area contributed by atoms with Crippen LogP contribution in [0.25, 0.3) is 77.9 Å². The van der Waals surface area contributed by atoms with Crippen molar-refractivity contribution in [2.45, 2.75) is 5.41 Å². The lowest BCUT2D eigenvalue weighted by Gasteiger charge is -2.33. The van der Waals surface area contributed by atoms with Crippen LogP contribution in [0.15, 0.2) is 231 Å². The van der Waals surface area contributed by atoms with Crippen molar-refractivity contribution in [3.05, 3.63) is 253 Å². The molecule has 4 heterocycles. The third-order valence-corrected chi connectivity index (χ3v) is 12.6. The predicted octanol–water partition coefficient (Wildman–Crippen LogP) is 13.7. The first-order valence-corrected chi connectivity index (χ1v) is 20.8. The van der Waals surface area contributed by atoms with E-state index in [1.165, 1.54) is 60.8 Å². The van der Waals surface area contributed by atoms with Gasteiger partial charge in [-0.25, -0.2) is 0 Å². The second-order valence-corrected chi connectivity index (χ2v) is 15.8. The molecule has 0 saturated carbocycles. The molecule has 0 bridgehead atoms. The number of fused-ring (bicyclic) bond motifs is 7. The van der Waals surface area contributed by atoms with Gasteiger partial charge >= 0.3 is 0 Å². The minimum absolute atomic E-state index is 0.593. The summed E-state index contributed by atoms with van der Waals surface area (Å²) in [5, 5.41) is 2.46. The average molecular weight is 779 g/mol. The molecule has 0 fully saturated rings. The minimum atomic E-state index is -0.593. The van der Waals surface area contributed by atoms with Crippen LogP contribution >= 0.6 is 0 Å². The van der Waals surface area contributed by atoms with Crippen LogP contribution < -0.4 is 0 Å². The highest BCUT2D eigenvalue weighted by molar-refractivity contribution is 6.16. The molecule has 61 heavy (non-hydrogen) atoms. The van der Waals surface area contributed by atoms with E-state index in [1.807, 2.05) is 36.9 Å². The fourth-order valence-corrected chi connectivity index (χ4v) is 10.0. The van der Waals surface area contributed by atoms with Crippen LogP contribution in [0.4, 0.5) is 0 Å². The third-order valence-electron chi connectivity index (χ3n) is 12.6. The van der Waals surface area contributed by atoms with Gasteiger partial charge in [-0.05, 0) is 105 Å². The van der Waals surface area contributed by atoms with Crippen molar-refractivity contribution in [1.82, 2.24) is 19.1 Å². The van der Waals surface area contributed by atoms with E-state index >= 15 is 0 Å². The fraction of sp³-hybridized carbons (Fsp3) is 0.0175. The number of hydrogen-bond donors (Lipinski definition) is 0. The maximum Gasteiger partial charge on any atom is 0.0744 e. The molecule has 1 aliphatic carbocycles. The molecule has 0 saturated heterocycles. The Morgan fingerprint density at radius 1 is 0.361 bits per heavy atom. The topological polar surface area (TPSA) is 35.6 Å². The smallest absolute Gasteiger partial charge is 0.0744 e. The van der Waals surface area contributed by atoms with Gasteiger partial charge in [0, 0.05) is 52.5 Å². The third kappa shape index (κ3) is 5.32. The SMILES string of the molecule is c1ccc(-c2ccc(-c3ccccc3)n2-c2ccc(-c3ccc(-n4c5ccccc5c5ccc6c(c54)-c4ccccc4C6(c4cccnc4)c4cccnc4)cc3)cc2)cc1. The van der Waals surface area contributed by atoms with Gasteiger partial charge in [0.05, 0.1) is 27.8 Å². The normalized spacial score (nSPS) is 12.7. The molecule has 0 aliphatic heterocycles. The zero-order valence-corrected chi connectivity index (χ0v) is 33.2. The lowest BCUT2D eigenvalue weighted by atomic mass is 9.68. The summed E-state index contributed by atoms with van der Waals surface area (Å²) in [4.78, 5) is 9.33. The molecule has 4 nitrogen and oxygen atoms in total. The van der Waals surface area contributed by atoms with Crippen LogP contribution in [0.3, 0.4) is 0 Å². The molecule has 4 aromatic heterocycles. The lowest BCUT2D eigenvalue weighted by molar-refractivity contribution is 0.758. The number of aromatic nitrogens is 4. The molecule has 0 atom stereocenters. The van der Waals surface area contributed by atoms with Crippen molar-refractivity contribution in [3.63, 3.8) is 0 Å². The van der Waals surface area contributed by atoms with Gasteiger partial charge < -0.3 is 9.13 Å². The molecule has 12 rings (SSSR count). The van der Waals surface area contributed by atoms with E-state index in [-0.39, 0.29) is 0 Å². The highest BCUT2D eigenvalue weighted by Crippen LogP contribution is 2.58. The van der Waals surface area contributed by atoms with E-state index in [2.05, 4.69) is 213 Å². The Balaban J connectivity index is 1.00. The highest BCUT2D eigenvalue weighted by Gasteiger charge is 2.47. The Labute approximate surface area is 354 Å². The lowest BCUT2D eigenvalue weighted by Crippen LogP contribution is -2.28. The van der Waals surface area contributed by atoms with Gasteiger partial charge in [-0.15, -0.1) is 0 Å². The van der Waals surface area contributed by atoms with Gasteiger partial charge in [-0.1, -0.05) is 152 Å². The molecule has 286 valence electrons. The number of pyridine rings is 2. The molecule has 0 N–H and O–H groups in total. The van der Waals surface area contributed by atoms with Crippen molar-refractivity contribution in [1.29, 1.82) is 0 Å². The van der Waals surface area contributed by atoms with Gasteiger partial charge in [0.2, 0.25) is 0 Å². The number of benzene rings is 7. The summed E-state index contributed by atoms with van der Waals surface area (Å²) in [6, 6.07) is 74.6. The summed E-state index contributed by atoms with van der Waals surface area (Å²) in [6.45, 7) is 0. The Morgan fingerprint density at radius 3 is 1.49 bits per heavy atom. The van der Waals surface area contributed by atoms with Crippen molar-refractivity contribution < 1.29 is 0 Å². The zero-order valence-electron chi connectivity index (χ0n) is 33.2. The minimum Gasteiger partial charge on any atom is -0.309 e. The molecule has 4 heteroatoms. The van der Waals surface area contributed by atoms with Crippen molar-refractivity contribution in [2.75, 3.05) is 0 Å². The van der Waals surface area contributed by atoms with Crippen molar-refractivity contribution in [2.24, 2.45) is 0 Å². The van der Waals surface area contributed by atoms with E-state index < -0.39 is 5.41 Å². The second kappa shape index (κ2) is 14.0. The van der Waals surface area contributed by atoms with Crippen LogP contribution in [0.2, 0.25) is 0 Å². The van der Waals surface area contributed by atoms with E-state index in [0.717, 1.165) is 39.5 Å². The van der Waals surface area contributed by atoms with Crippen LogP contribution in [-0.4, -0.2) is 19.1 Å². The highest BCUT2D eigenvalue weighted by atomic mass is 15.0. The quantitative estimate of drug-likeness (QED) is 0.162. The summed E-state index contributed by atoms with van der Waals surface area (Å²) in [6.07, 6.45) is 7.75. The molecule has 0 amide bonds. The molecular weight excluding hydrogens is 741 g/mol. The molecular formula is C57H38N4. The molecule has 1 aliphatic rings. The van der Waals surface area contributed by atoms with E-state index in [9.17, 15) is 0 Å². The Hall–Kier alpha value is -8.08. The number of nitrogens with zero attached hydrogens (tertiary/aromatic N) is 4. The van der Waals surface area contributed by atoms with Gasteiger partial charge in [0.15, 0.2) is 0 Å². The predicted molar refractivity (Wildman–Crippen MR) is 249 cm³/mol. The van der Waals surface area contributed by atoms with Crippen molar-refractivity contribution in [3.8, 4) is 56.1 Å². The van der Waals surface area contributed by atoms with Crippen LogP contribution in [-0.2, 0) is 5.41 Å². The van der Waals surface area contributed by atoms with Crippen LogP contribution in [0, 0.1) is 0 Å². The van der Waals surface area contributed by atoms with Gasteiger partial charge in [-0.2, -0.15) is 0 Å². The van der Waals surface area contributed by atoms with E-state index in [4.69, 9.17) is 0 Å². The first-order chi connectivity index (χ1) is 30.3. The first kappa shape index (κ1) is 34.9. The summed E-state index contributed by atoms with van der Waals surface area (Å²) >= 11 is 0. The monoisotopic (exact) mass is 778 g/mol. The van der Waals surface area contributed by atoms with Gasteiger partial charge in [0.1, 0.15) is 0 Å².